The number of ketones is 1. The summed E-state index contributed by atoms with van der Waals surface area (Å²) in [5.74, 6) is -0.149. The summed E-state index contributed by atoms with van der Waals surface area (Å²) in [5.41, 5.74) is 1.16. The Hall–Kier alpha value is -3.81. The number of carboxylic acids is 1. The van der Waals surface area contributed by atoms with Crippen molar-refractivity contribution in [2.45, 2.75) is 6.42 Å². The summed E-state index contributed by atoms with van der Waals surface area (Å²) in [6.07, 6.45) is 1.46. The maximum atomic E-state index is 12.5. The maximum absolute atomic E-state index is 12.5. The van der Waals surface area contributed by atoms with Crippen LogP contribution in [0.3, 0.4) is 0 Å². The normalized spacial score (nSPS) is 13.6. The summed E-state index contributed by atoms with van der Waals surface area (Å²) >= 11 is 0. The first-order valence-electron chi connectivity index (χ1n) is 8.80. The molecule has 8 heteroatoms. The van der Waals surface area contributed by atoms with Crippen molar-refractivity contribution in [1.82, 2.24) is 5.32 Å². The van der Waals surface area contributed by atoms with Gasteiger partial charge in [-0.15, -0.1) is 0 Å². The number of hydrogen-bond acceptors (Lipinski definition) is 6. The van der Waals surface area contributed by atoms with E-state index in [1.165, 1.54) is 6.07 Å². The maximum Gasteiger partial charge on any atom is 0.305 e. The molecule has 0 aromatic heterocycles. The molecule has 0 atom stereocenters. The van der Waals surface area contributed by atoms with Gasteiger partial charge in [0.25, 0.3) is 5.91 Å². The Labute approximate surface area is 166 Å². The highest BCUT2D eigenvalue weighted by Crippen LogP contribution is 2.35. The average molecular weight is 397 g/mol. The largest absolute Gasteiger partial charge is 0.497 e. The Kier molecular flexibility index (Phi) is 6.13. The van der Waals surface area contributed by atoms with Crippen molar-refractivity contribution >= 4 is 23.7 Å². The highest BCUT2D eigenvalue weighted by atomic mass is 16.5. The lowest BCUT2D eigenvalue weighted by Gasteiger charge is -2.07. The lowest BCUT2D eigenvalue weighted by Crippen LogP contribution is -2.30. The molecule has 1 heterocycles. The van der Waals surface area contributed by atoms with Gasteiger partial charge in [0.2, 0.25) is 5.78 Å². The summed E-state index contributed by atoms with van der Waals surface area (Å²) < 4.78 is 16.2. The lowest BCUT2D eigenvalue weighted by molar-refractivity contribution is -0.137. The van der Waals surface area contributed by atoms with Crippen molar-refractivity contribution < 1.29 is 33.7 Å². The first-order valence-corrected chi connectivity index (χ1v) is 8.80. The Bertz CT molecular complexity index is 981. The van der Waals surface area contributed by atoms with Crippen LogP contribution in [-0.4, -0.2) is 43.0 Å². The predicted molar refractivity (Wildman–Crippen MR) is 103 cm³/mol. The third-order valence-electron chi connectivity index (χ3n) is 4.06. The SMILES string of the molecule is COc1cccc(/C=C2\Oc3cc(OCC(=O)NCCC(=O)O)ccc3C2=O)c1. The van der Waals surface area contributed by atoms with Gasteiger partial charge in [-0.1, -0.05) is 12.1 Å². The fourth-order valence-electron chi connectivity index (χ4n) is 2.65. The summed E-state index contributed by atoms with van der Waals surface area (Å²) in [4.78, 5) is 34.6. The summed E-state index contributed by atoms with van der Waals surface area (Å²) in [7, 11) is 1.56. The molecule has 0 bridgehead atoms. The van der Waals surface area contributed by atoms with Crippen LogP contribution in [0.4, 0.5) is 0 Å². The molecule has 1 aliphatic rings. The summed E-state index contributed by atoms with van der Waals surface area (Å²) in [6.45, 7) is -0.253. The first kappa shape index (κ1) is 19.9. The summed E-state index contributed by atoms with van der Waals surface area (Å²) in [5, 5.41) is 11.0. The molecule has 0 saturated heterocycles. The van der Waals surface area contributed by atoms with Gasteiger partial charge in [0.15, 0.2) is 12.4 Å². The van der Waals surface area contributed by atoms with Crippen LogP contribution in [0.25, 0.3) is 6.08 Å². The third kappa shape index (κ3) is 5.13. The average Bonchev–Trinajstić information content (AvgIpc) is 3.01. The molecule has 150 valence electrons. The van der Waals surface area contributed by atoms with Gasteiger partial charge in [0, 0.05) is 12.6 Å². The molecule has 0 spiro atoms. The molecule has 0 fully saturated rings. The second kappa shape index (κ2) is 8.92. The standard InChI is InChI=1S/C21H19NO7/c1-27-14-4-2-3-13(9-14)10-18-21(26)16-6-5-15(11-17(16)29-18)28-12-19(23)22-8-7-20(24)25/h2-6,9-11H,7-8,12H2,1H3,(H,22,23)(H,24,25)/b18-10-. The van der Waals surface area contributed by atoms with E-state index in [2.05, 4.69) is 5.32 Å². The van der Waals surface area contributed by atoms with Crippen LogP contribution in [-0.2, 0) is 9.59 Å². The number of aliphatic carboxylic acids is 1. The van der Waals surface area contributed by atoms with Crippen molar-refractivity contribution in [3.8, 4) is 17.2 Å². The number of hydrogen-bond donors (Lipinski definition) is 2. The molecule has 3 rings (SSSR count). The van der Waals surface area contributed by atoms with Gasteiger partial charge >= 0.3 is 5.97 Å². The van der Waals surface area contributed by atoms with Crippen LogP contribution in [0.15, 0.2) is 48.2 Å². The predicted octanol–water partition coefficient (Wildman–Crippen LogP) is 2.28. The topological polar surface area (TPSA) is 111 Å². The van der Waals surface area contributed by atoms with Crippen LogP contribution < -0.4 is 19.5 Å². The van der Waals surface area contributed by atoms with E-state index in [-0.39, 0.29) is 31.1 Å². The fraction of sp³-hybridized carbons (Fsp3) is 0.190. The number of ether oxygens (including phenoxy) is 3. The van der Waals surface area contributed by atoms with E-state index in [1.54, 1.807) is 37.5 Å². The molecule has 2 N–H and O–H groups in total. The smallest absolute Gasteiger partial charge is 0.305 e. The van der Waals surface area contributed by atoms with Crippen LogP contribution in [0, 0.1) is 0 Å². The van der Waals surface area contributed by atoms with Crippen molar-refractivity contribution in [3.05, 3.63) is 59.4 Å². The van der Waals surface area contributed by atoms with Gasteiger partial charge in [-0.2, -0.15) is 0 Å². The van der Waals surface area contributed by atoms with Gasteiger partial charge < -0.3 is 24.6 Å². The molecule has 0 saturated carbocycles. The van der Waals surface area contributed by atoms with E-state index >= 15 is 0 Å². The van der Waals surface area contributed by atoms with Crippen LogP contribution >= 0.6 is 0 Å². The third-order valence-corrected chi connectivity index (χ3v) is 4.06. The van der Waals surface area contributed by atoms with Gasteiger partial charge in [0.05, 0.1) is 19.1 Å². The van der Waals surface area contributed by atoms with Crippen molar-refractivity contribution in [2.24, 2.45) is 0 Å². The van der Waals surface area contributed by atoms with Gasteiger partial charge in [0.1, 0.15) is 17.2 Å². The van der Waals surface area contributed by atoms with E-state index in [0.29, 0.717) is 22.8 Å². The van der Waals surface area contributed by atoms with Crippen LogP contribution in [0.2, 0.25) is 0 Å². The molecule has 1 amide bonds. The van der Waals surface area contributed by atoms with Gasteiger partial charge in [-0.05, 0) is 35.9 Å². The number of amides is 1. The molecular weight excluding hydrogens is 378 g/mol. The van der Waals surface area contributed by atoms with E-state index in [9.17, 15) is 14.4 Å². The zero-order valence-corrected chi connectivity index (χ0v) is 15.6. The molecule has 2 aromatic rings. The minimum Gasteiger partial charge on any atom is -0.497 e. The number of benzene rings is 2. The number of methoxy groups -OCH3 is 1. The van der Waals surface area contributed by atoms with Crippen molar-refractivity contribution in [3.63, 3.8) is 0 Å². The Balaban J connectivity index is 1.64. The van der Waals surface area contributed by atoms with E-state index in [4.69, 9.17) is 19.3 Å². The van der Waals surface area contributed by atoms with E-state index in [0.717, 1.165) is 5.56 Å². The van der Waals surface area contributed by atoms with Crippen molar-refractivity contribution in [1.29, 1.82) is 0 Å². The zero-order chi connectivity index (χ0) is 20.8. The molecular formula is C21H19NO7. The summed E-state index contributed by atoms with van der Waals surface area (Å²) in [6, 6.07) is 11.9. The number of rotatable bonds is 8. The van der Waals surface area contributed by atoms with E-state index < -0.39 is 11.9 Å². The van der Waals surface area contributed by atoms with Gasteiger partial charge in [-0.3, -0.25) is 14.4 Å². The highest BCUT2D eigenvalue weighted by Gasteiger charge is 2.27. The Morgan fingerprint density at radius 3 is 2.76 bits per heavy atom. The second-order valence-corrected chi connectivity index (χ2v) is 6.16. The molecule has 0 radical (unpaired) electrons. The number of Topliss-reactive ketones (excluding diaryl/α,β-unsaturated/α-hetero) is 1. The monoisotopic (exact) mass is 397 g/mol. The fourth-order valence-corrected chi connectivity index (χ4v) is 2.65. The number of allylic oxidation sites excluding steroid dienone is 1. The first-order chi connectivity index (χ1) is 14.0. The van der Waals surface area contributed by atoms with Crippen LogP contribution in [0.1, 0.15) is 22.3 Å². The number of nitrogens with one attached hydrogen (secondary N) is 1. The number of fused-ring (bicyclic) bond motifs is 1. The van der Waals surface area contributed by atoms with Gasteiger partial charge in [-0.25, -0.2) is 0 Å². The lowest BCUT2D eigenvalue weighted by atomic mass is 10.1. The number of carbonyl (C=O) groups is 3. The zero-order valence-electron chi connectivity index (χ0n) is 15.6. The van der Waals surface area contributed by atoms with Crippen LogP contribution in [0.5, 0.6) is 17.2 Å². The number of carboxylic acid groups (broad SMARTS) is 1. The molecule has 0 aliphatic carbocycles. The number of carbonyl (C=O) groups excluding carboxylic acids is 2. The molecule has 1 aliphatic heterocycles. The molecule has 0 unspecified atom stereocenters. The second-order valence-electron chi connectivity index (χ2n) is 6.16. The van der Waals surface area contributed by atoms with Crippen molar-refractivity contribution in [2.75, 3.05) is 20.3 Å². The minimum atomic E-state index is -0.996. The Morgan fingerprint density at radius 1 is 1.17 bits per heavy atom. The molecule has 2 aromatic carbocycles. The minimum absolute atomic E-state index is 0.0255. The highest BCUT2D eigenvalue weighted by molar-refractivity contribution is 6.14. The Morgan fingerprint density at radius 2 is 2.00 bits per heavy atom. The quantitative estimate of drug-likeness (QED) is 0.658. The van der Waals surface area contributed by atoms with E-state index in [1.807, 2.05) is 12.1 Å². The molecule has 29 heavy (non-hydrogen) atoms. The molecule has 8 nitrogen and oxygen atoms in total.